The minimum Gasteiger partial charge on any atom is -0.437 e. The largest absolute Gasteiger partial charge is 0.437 e. The van der Waals surface area contributed by atoms with E-state index in [1.54, 1.807) is 25.0 Å². The Balaban J connectivity index is 2.07. The van der Waals surface area contributed by atoms with E-state index in [1.807, 2.05) is 30.5 Å². The summed E-state index contributed by atoms with van der Waals surface area (Å²) >= 11 is 1.62. The van der Waals surface area contributed by atoms with Crippen LogP contribution >= 0.6 is 11.8 Å². The van der Waals surface area contributed by atoms with Crippen molar-refractivity contribution < 1.29 is 4.74 Å². The van der Waals surface area contributed by atoms with Gasteiger partial charge in [0.15, 0.2) is 5.65 Å². The molecule has 0 aliphatic rings. The first kappa shape index (κ1) is 12.7. The first-order valence-corrected chi connectivity index (χ1v) is 7.24. The van der Waals surface area contributed by atoms with Crippen LogP contribution in [-0.2, 0) is 0 Å². The van der Waals surface area contributed by atoms with Gasteiger partial charge in [-0.25, -0.2) is 0 Å². The molecule has 0 aliphatic heterocycles. The molecule has 3 aromatic rings. The van der Waals surface area contributed by atoms with Crippen molar-refractivity contribution in [3.8, 4) is 11.6 Å². The number of rotatable bonds is 4. The van der Waals surface area contributed by atoms with Crippen molar-refractivity contribution in [2.75, 3.05) is 18.6 Å². The monoisotopic (exact) mass is 287 g/mol. The van der Waals surface area contributed by atoms with Gasteiger partial charge in [0.05, 0.1) is 6.20 Å². The van der Waals surface area contributed by atoms with Gasteiger partial charge >= 0.3 is 0 Å². The average molecular weight is 287 g/mol. The van der Waals surface area contributed by atoms with Gasteiger partial charge in [0, 0.05) is 11.9 Å². The lowest BCUT2D eigenvalue weighted by Gasteiger charge is -2.10. The first-order chi connectivity index (χ1) is 9.81. The zero-order valence-electron chi connectivity index (χ0n) is 11.0. The van der Waals surface area contributed by atoms with Crippen LogP contribution in [0.5, 0.6) is 11.6 Å². The second-order valence-corrected chi connectivity index (χ2v) is 4.84. The van der Waals surface area contributed by atoms with Gasteiger partial charge in [0.2, 0.25) is 11.8 Å². The molecule has 0 amide bonds. The van der Waals surface area contributed by atoms with Crippen molar-refractivity contribution in [3.63, 3.8) is 0 Å². The Labute approximate surface area is 120 Å². The molecule has 0 saturated heterocycles. The predicted octanol–water partition coefficient (Wildman–Crippen LogP) is 2.91. The molecule has 6 nitrogen and oxygen atoms in total. The first-order valence-electron chi connectivity index (χ1n) is 6.01. The third-order valence-electron chi connectivity index (χ3n) is 2.77. The van der Waals surface area contributed by atoms with Crippen LogP contribution in [0.25, 0.3) is 11.0 Å². The molecule has 1 aromatic carbocycles. The number of nitrogens with zero attached hydrogens (tertiary/aromatic N) is 3. The summed E-state index contributed by atoms with van der Waals surface area (Å²) in [5.41, 5.74) is 0.640. The van der Waals surface area contributed by atoms with Crippen molar-refractivity contribution in [2.24, 2.45) is 0 Å². The average Bonchev–Trinajstić information content (AvgIpc) is 2.96. The molecule has 2 aromatic heterocycles. The van der Waals surface area contributed by atoms with Crippen LogP contribution in [-0.4, -0.2) is 33.5 Å². The summed E-state index contributed by atoms with van der Waals surface area (Å²) in [6.45, 7) is 0. The van der Waals surface area contributed by atoms with Crippen LogP contribution in [0.3, 0.4) is 0 Å². The lowest BCUT2D eigenvalue weighted by Crippen LogP contribution is -1.99. The Morgan fingerprint density at radius 1 is 1.25 bits per heavy atom. The maximum atomic E-state index is 5.94. The minimum atomic E-state index is 0.481. The van der Waals surface area contributed by atoms with Gasteiger partial charge in [-0.15, -0.1) is 11.8 Å². The number of aromatic nitrogens is 4. The van der Waals surface area contributed by atoms with Gasteiger partial charge in [-0.1, -0.05) is 12.1 Å². The van der Waals surface area contributed by atoms with Gasteiger partial charge < -0.3 is 10.1 Å². The molecular formula is C13H13N5OS. The summed E-state index contributed by atoms with van der Waals surface area (Å²) in [5.74, 6) is 1.73. The number of fused-ring (bicyclic) bond motifs is 1. The predicted molar refractivity (Wildman–Crippen MR) is 79.5 cm³/mol. The van der Waals surface area contributed by atoms with E-state index in [9.17, 15) is 0 Å². The normalized spacial score (nSPS) is 10.7. The maximum absolute atomic E-state index is 5.94. The minimum absolute atomic E-state index is 0.481. The molecule has 0 radical (unpaired) electrons. The number of hydrogen-bond acceptors (Lipinski definition) is 6. The molecule has 7 heteroatoms. The fraction of sp³-hybridized carbons (Fsp3) is 0.154. The fourth-order valence-electron chi connectivity index (χ4n) is 1.81. The number of thioether (sulfide) groups is 1. The molecule has 0 fully saturated rings. The highest BCUT2D eigenvalue weighted by Crippen LogP contribution is 2.33. The second kappa shape index (κ2) is 5.38. The SMILES string of the molecule is CNc1nc(Oc2ccccc2SC)c2cn[nH]c2n1. The van der Waals surface area contributed by atoms with E-state index in [-0.39, 0.29) is 0 Å². The summed E-state index contributed by atoms with van der Waals surface area (Å²) in [6, 6.07) is 7.83. The van der Waals surface area contributed by atoms with Gasteiger partial charge in [-0.3, -0.25) is 5.10 Å². The standard InChI is InChI=1S/C13H13N5OS/c1-14-13-16-11-8(7-15-18-11)12(17-13)19-9-5-3-4-6-10(9)20-2/h3-7H,1-2H3,(H2,14,15,16,17,18). The van der Waals surface area contributed by atoms with E-state index in [4.69, 9.17) is 4.74 Å². The van der Waals surface area contributed by atoms with Crippen LogP contribution in [0.1, 0.15) is 0 Å². The van der Waals surface area contributed by atoms with Crippen LogP contribution < -0.4 is 10.1 Å². The Morgan fingerprint density at radius 2 is 2.10 bits per heavy atom. The summed E-state index contributed by atoms with van der Waals surface area (Å²) in [7, 11) is 1.76. The summed E-state index contributed by atoms with van der Waals surface area (Å²) in [4.78, 5) is 9.67. The van der Waals surface area contributed by atoms with Crippen molar-refractivity contribution in [3.05, 3.63) is 30.5 Å². The highest BCUT2D eigenvalue weighted by atomic mass is 32.2. The molecule has 0 spiro atoms. The van der Waals surface area contributed by atoms with E-state index in [0.29, 0.717) is 17.5 Å². The van der Waals surface area contributed by atoms with Crippen molar-refractivity contribution in [2.45, 2.75) is 4.90 Å². The molecule has 0 bridgehead atoms. The third kappa shape index (κ3) is 2.27. The Kier molecular flexibility index (Phi) is 3.42. The zero-order valence-corrected chi connectivity index (χ0v) is 11.9. The molecule has 0 atom stereocenters. The highest BCUT2D eigenvalue weighted by molar-refractivity contribution is 7.98. The van der Waals surface area contributed by atoms with Crippen molar-refractivity contribution in [1.29, 1.82) is 0 Å². The number of nitrogens with one attached hydrogen (secondary N) is 2. The smallest absolute Gasteiger partial charge is 0.235 e. The number of benzene rings is 1. The molecule has 2 N–H and O–H groups in total. The Bertz CT molecular complexity index is 742. The van der Waals surface area contributed by atoms with E-state index in [1.165, 1.54) is 0 Å². The van der Waals surface area contributed by atoms with E-state index in [0.717, 1.165) is 16.0 Å². The van der Waals surface area contributed by atoms with Crippen LogP contribution in [0.4, 0.5) is 5.95 Å². The summed E-state index contributed by atoms with van der Waals surface area (Å²) < 4.78 is 5.94. The van der Waals surface area contributed by atoms with E-state index in [2.05, 4.69) is 25.5 Å². The lowest BCUT2D eigenvalue weighted by atomic mass is 10.3. The summed E-state index contributed by atoms with van der Waals surface area (Å²) in [6.07, 6.45) is 3.67. The molecule has 0 aliphatic carbocycles. The van der Waals surface area contributed by atoms with Crippen molar-refractivity contribution >= 4 is 28.7 Å². The molecule has 0 unspecified atom stereocenters. The van der Waals surface area contributed by atoms with Gasteiger partial charge in [-0.05, 0) is 18.4 Å². The van der Waals surface area contributed by atoms with E-state index >= 15 is 0 Å². The fourth-order valence-corrected chi connectivity index (χ4v) is 2.33. The zero-order chi connectivity index (χ0) is 13.9. The number of ether oxygens (including phenoxy) is 1. The lowest BCUT2D eigenvalue weighted by molar-refractivity contribution is 0.458. The number of H-pyrrole nitrogens is 1. The van der Waals surface area contributed by atoms with E-state index < -0.39 is 0 Å². The molecule has 2 heterocycles. The maximum Gasteiger partial charge on any atom is 0.235 e. The number of anilines is 1. The highest BCUT2D eigenvalue weighted by Gasteiger charge is 2.12. The second-order valence-electron chi connectivity index (χ2n) is 3.99. The van der Waals surface area contributed by atoms with Gasteiger partial charge in [0.1, 0.15) is 11.1 Å². The molecule has 3 rings (SSSR count). The number of para-hydroxylation sites is 1. The van der Waals surface area contributed by atoms with Gasteiger partial charge in [0.25, 0.3) is 0 Å². The summed E-state index contributed by atoms with van der Waals surface area (Å²) in [5, 5.41) is 10.5. The quantitative estimate of drug-likeness (QED) is 0.719. The Hall–Kier alpha value is -2.28. The number of hydrogen-bond donors (Lipinski definition) is 2. The van der Waals surface area contributed by atoms with Crippen LogP contribution in [0, 0.1) is 0 Å². The van der Waals surface area contributed by atoms with Crippen molar-refractivity contribution in [1.82, 2.24) is 20.2 Å². The Morgan fingerprint density at radius 3 is 2.90 bits per heavy atom. The van der Waals surface area contributed by atoms with Gasteiger partial charge in [-0.2, -0.15) is 15.1 Å². The molecule has 0 saturated carbocycles. The third-order valence-corrected chi connectivity index (χ3v) is 3.55. The van der Waals surface area contributed by atoms with Crippen LogP contribution in [0.15, 0.2) is 35.4 Å². The molecular weight excluding hydrogens is 274 g/mol. The molecule has 20 heavy (non-hydrogen) atoms. The molecule has 102 valence electrons. The van der Waals surface area contributed by atoms with Crippen LogP contribution in [0.2, 0.25) is 0 Å². The number of aromatic amines is 1. The topological polar surface area (TPSA) is 75.7 Å².